The number of ether oxygens (including phenoxy) is 2. The number of hydrogen-bond acceptors (Lipinski definition) is 4. The molecule has 0 radical (unpaired) electrons. The zero-order valence-electron chi connectivity index (χ0n) is 19.8. The molecule has 1 amide bonds. The lowest BCUT2D eigenvalue weighted by Gasteiger charge is -2.38. The van der Waals surface area contributed by atoms with Crippen molar-refractivity contribution >= 4 is 17.6 Å². The van der Waals surface area contributed by atoms with E-state index in [0.717, 1.165) is 70.6 Å². The Balaban J connectivity index is 2.00. The van der Waals surface area contributed by atoms with Crippen molar-refractivity contribution in [2.24, 2.45) is 11.8 Å². The van der Waals surface area contributed by atoms with Crippen LogP contribution in [0.3, 0.4) is 0 Å². The molecule has 0 N–H and O–H groups in total. The van der Waals surface area contributed by atoms with Gasteiger partial charge in [-0.2, -0.15) is 0 Å². The van der Waals surface area contributed by atoms with Crippen LogP contribution < -0.4 is 9.64 Å². The zero-order chi connectivity index (χ0) is 23.1. The Kier molecular flexibility index (Phi) is 8.94. The van der Waals surface area contributed by atoms with E-state index in [9.17, 15) is 9.59 Å². The molecule has 2 aliphatic carbocycles. The maximum atomic E-state index is 15.1. The van der Waals surface area contributed by atoms with Crippen LogP contribution in [0.15, 0.2) is 12.1 Å². The number of halogens is 1. The number of rotatable bonds is 8. The highest BCUT2D eigenvalue weighted by atomic mass is 19.1. The van der Waals surface area contributed by atoms with Crippen LogP contribution in [0.5, 0.6) is 5.75 Å². The van der Waals surface area contributed by atoms with Crippen LogP contribution in [-0.4, -0.2) is 31.6 Å². The molecule has 178 valence electrons. The quantitative estimate of drug-likeness (QED) is 0.347. The van der Waals surface area contributed by atoms with Crippen molar-refractivity contribution in [3.63, 3.8) is 0 Å². The first-order valence-electron chi connectivity index (χ1n) is 12.3. The molecule has 2 aliphatic rings. The van der Waals surface area contributed by atoms with Crippen molar-refractivity contribution in [2.45, 2.75) is 90.5 Å². The van der Waals surface area contributed by atoms with Crippen LogP contribution in [0.25, 0.3) is 0 Å². The third-order valence-electron chi connectivity index (χ3n) is 7.01. The van der Waals surface area contributed by atoms with Gasteiger partial charge in [-0.1, -0.05) is 39.5 Å². The summed E-state index contributed by atoms with van der Waals surface area (Å²) in [5.41, 5.74) is 0.524. The molecule has 3 rings (SSSR count). The average Bonchev–Trinajstić information content (AvgIpc) is 2.81. The van der Waals surface area contributed by atoms with E-state index in [1.165, 1.54) is 19.2 Å². The van der Waals surface area contributed by atoms with Gasteiger partial charge in [0.15, 0.2) is 11.6 Å². The Bertz CT molecular complexity index is 782. The lowest BCUT2D eigenvalue weighted by atomic mass is 9.81. The molecule has 0 atom stereocenters. The van der Waals surface area contributed by atoms with Gasteiger partial charge in [-0.05, 0) is 56.9 Å². The summed E-state index contributed by atoms with van der Waals surface area (Å²) in [4.78, 5) is 28.3. The zero-order valence-corrected chi connectivity index (χ0v) is 19.8. The van der Waals surface area contributed by atoms with Crippen LogP contribution in [0.4, 0.5) is 10.1 Å². The van der Waals surface area contributed by atoms with Crippen molar-refractivity contribution in [2.75, 3.05) is 18.6 Å². The fraction of sp³-hybridized carbons (Fsp3) is 0.692. The molecule has 1 aromatic rings. The Morgan fingerprint density at radius 1 is 1.06 bits per heavy atom. The largest absolute Gasteiger partial charge is 0.490 e. The number of hydrogen-bond donors (Lipinski definition) is 0. The van der Waals surface area contributed by atoms with E-state index in [4.69, 9.17) is 9.47 Å². The minimum absolute atomic E-state index is 0.0213. The first kappa shape index (κ1) is 24.5. The smallest absolute Gasteiger partial charge is 0.340 e. The summed E-state index contributed by atoms with van der Waals surface area (Å²) in [6.07, 6.45) is 10.4. The van der Waals surface area contributed by atoms with Gasteiger partial charge in [-0.25, -0.2) is 9.18 Å². The van der Waals surface area contributed by atoms with Gasteiger partial charge in [-0.15, -0.1) is 0 Å². The van der Waals surface area contributed by atoms with Crippen molar-refractivity contribution in [3.05, 3.63) is 23.5 Å². The van der Waals surface area contributed by atoms with Crippen LogP contribution >= 0.6 is 0 Å². The van der Waals surface area contributed by atoms with Crippen molar-refractivity contribution in [3.8, 4) is 5.75 Å². The van der Waals surface area contributed by atoms with E-state index in [-0.39, 0.29) is 29.2 Å². The Labute approximate surface area is 191 Å². The van der Waals surface area contributed by atoms with Crippen LogP contribution in [0.2, 0.25) is 0 Å². The molecule has 1 aromatic carbocycles. The molecule has 0 aromatic heterocycles. The maximum Gasteiger partial charge on any atom is 0.340 e. The summed E-state index contributed by atoms with van der Waals surface area (Å²) in [5.74, 6) is -0.522. The van der Waals surface area contributed by atoms with Crippen LogP contribution in [0.1, 0.15) is 94.8 Å². The first-order valence-corrected chi connectivity index (χ1v) is 12.3. The fourth-order valence-corrected chi connectivity index (χ4v) is 4.99. The second kappa shape index (κ2) is 11.7. The number of nitrogens with zero attached hydrogens (tertiary/aromatic N) is 1. The molecule has 0 heterocycles. The molecule has 32 heavy (non-hydrogen) atoms. The van der Waals surface area contributed by atoms with Gasteiger partial charge in [0.2, 0.25) is 5.91 Å². The number of anilines is 1. The SMILES string of the molecule is CCCCOc1cc(C(=O)OC)c(N(C(=O)[C@H]2CC[C@H](C)CC2)C2CCCCC2)cc1F. The van der Waals surface area contributed by atoms with Crippen molar-refractivity contribution < 1.29 is 23.5 Å². The lowest BCUT2D eigenvalue weighted by molar-refractivity contribution is -0.124. The van der Waals surface area contributed by atoms with E-state index in [0.29, 0.717) is 18.2 Å². The molecule has 0 saturated heterocycles. The average molecular weight is 448 g/mol. The molecular weight excluding hydrogens is 409 g/mol. The minimum Gasteiger partial charge on any atom is -0.490 e. The summed E-state index contributed by atoms with van der Waals surface area (Å²) in [6.45, 7) is 4.63. The third kappa shape index (κ3) is 5.81. The summed E-state index contributed by atoms with van der Waals surface area (Å²) in [7, 11) is 1.31. The highest BCUT2D eigenvalue weighted by Crippen LogP contribution is 2.38. The number of carbonyl (C=O) groups is 2. The standard InChI is InChI=1S/C26H38FNO4/c1-4-5-15-32-24-16-21(26(30)31-3)23(17-22(24)27)28(20-9-7-6-8-10-20)25(29)19-13-11-18(2)12-14-19/h16-20H,4-15H2,1-3H3/t18-,19-. The first-order chi connectivity index (χ1) is 15.5. The monoisotopic (exact) mass is 447 g/mol. The van der Waals surface area contributed by atoms with Crippen LogP contribution in [0, 0.1) is 17.7 Å². The van der Waals surface area contributed by atoms with Gasteiger partial charge < -0.3 is 14.4 Å². The highest BCUT2D eigenvalue weighted by molar-refractivity contribution is 6.04. The molecule has 2 saturated carbocycles. The maximum absolute atomic E-state index is 15.1. The fourth-order valence-electron chi connectivity index (χ4n) is 4.99. The molecule has 5 nitrogen and oxygen atoms in total. The lowest BCUT2D eigenvalue weighted by Crippen LogP contribution is -2.46. The minimum atomic E-state index is -0.578. The van der Waals surface area contributed by atoms with Crippen LogP contribution in [-0.2, 0) is 9.53 Å². The molecule has 0 aliphatic heterocycles. The van der Waals surface area contributed by atoms with Crippen molar-refractivity contribution in [1.82, 2.24) is 0 Å². The topological polar surface area (TPSA) is 55.8 Å². The van der Waals surface area contributed by atoms with E-state index in [1.54, 1.807) is 4.90 Å². The normalized spacial score (nSPS) is 21.8. The van der Waals surface area contributed by atoms with Gasteiger partial charge in [0.05, 0.1) is 25.0 Å². The number of esters is 1. The summed E-state index contributed by atoms with van der Waals surface area (Å²) in [5, 5.41) is 0. The molecule has 0 bridgehead atoms. The molecular formula is C26H38FNO4. The van der Waals surface area contributed by atoms with Gasteiger partial charge in [0, 0.05) is 18.0 Å². The predicted molar refractivity (Wildman–Crippen MR) is 124 cm³/mol. The number of benzene rings is 1. The summed E-state index contributed by atoms with van der Waals surface area (Å²) < 4.78 is 25.7. The Morgan fingerprint density at radius 3 is 2.38 bits per heavy atom. The number of carbonyl (C=O) groups excluding carboxylic acids is 2. The van der Waals surface area contributed by atoms with E-state index < -0.39 is 11.8 Å². The molecule has 0 spiro atoms. The molecule has 2 fully saturated rings. The summed E-state index contributed by atoms with van der Waals surface area (Å²) in [6, 6.07) is 2.70. The second-order valence-corrected chi connectivity index (χ2v) is 9.45. The third-order valence-corrected chi connectivity index (χ3v) is 7.01. The number of amides is 1. The van der Waals surface area contributed by atoms with E-state index >= 15 is 4.39 Å². The number of methoxy groups -OCH3 is 1. The van der Waals surface area contributed by atoms with Gasteiger partial charge in [-0.3, -0.25) is 4.79 Å². The second-order valence-electron chi connectivity index (χ2n) is 9.45. The Hall–Kier alpha value is -2.11. The number of unbranched alkanes of at least 4 members (excludes halogenated alkanes) is 1. The summed E-state index contributed by atoms with van der Waals surface area (Å²) >= 11 is 0. The van der Waals surface area contributed by atoms with E-state index in [2.05, 4.69) is 6.92 Å². The molecule has 0 unspecified atom stereocenters. The van der Waals surface area contributed by atoms with Gasteiger partial charge in [0.25, 0.3) is 0 Å². The van der Waals surface area contributed by atoms with Gasteiger partial charge in [0.1, 0.15) is 0 Å². The van der Waals surface area contributed by atoms with Gasteiger partial charge >= 0.3 is 5.97 Å². The highest BCUT2D eigenvalue weighted by Gasteiger charge is 2.36. The van der Waals surface area contributed by atoms with Crippen molar-refractivity contribution in [1.29, 1.82) is 0 Å². The Morgan fingerprint density at radius 2 is 1.75 bits per heavy atom. The predicted octanol–water partition coefficient (Wildman–Crippen LogP) is 6.28. The van der Waals surface area contributed by atoms with E-state index in [1.807, 2.05) is 6.92 Å². The molecule has 6 heteroatoms.